The van der Waals surface area contributed by atoms with Crippen LogP contribution in [0, 0.1) is 0 Å². The van der Waals surface area contributed by atoms with E-state index in [9.17, 15) is 13.2 Å². The predicted molar refractivity (Wildman–Crippen MR) is 65.2 cm³/mol. The SMILES string of the molecule is CCN(CC/C(N)=N/O)c1ccc(C(F)(F)F)cn1. The van der Waals surface area contributed by atoms with Crippen molar-refractivity contribution in [3.63, 3.8) is 0 Å². The Morgan fingerprint density at radius 3 is 2.58 bits per heavy atom. The molecule has 1 aromatic rings. The fourth-order valence-electron chi connectivity index (χ4n) is 1.47. The molecule has 1 aromatic heterocycles. The van der Waals surface area contributed by atoms with E-state index in [-0.39, 0.29) is 5.84 Å². The third-order valence-corrected chi connectivity index (χ3v) is 2.55. The Hall–Kier alpha value is -1.99. The first-order chi connectivity index (χ1) is 8.88. The topological polar surface area (TPSA) is 74.7 Å². The molecule has 0 fully saturated rings. The van der Waals surface area contributed by atoms with Crippen LogP contribution in [-0.2, 0) is 6.18 Å². The van der Waals surface area contributed by atoms with E-state index in [1.807, 2.05) is 6.92 Å². The average Bonchev–Trinajstić information content (AvgIpc) is 2.38. The zero-order valence-electron chi connectivity index (χ0n) is 10.4. The van der Waals surface area contributed by atoms with Gasteiger partial charge in [0.2, 0.25) is 0 Å². The van der Waals surface area contributed by atoms with Crippen molar-refractivity contribution < 1.29 is 18.4 Å². The molecule has 0 radical (unpaired) electrons. The molecule has 0 aliphatic rings. The normalized spacial score (nSPS) is 12.5. The smallest absolute Gasteiger partial charge is 0.409 e. The lowest BCUT2D eigenvalue weighted by Gasteiger charge is -2.21. The molecule has 0 atom stereocenters. The number of nitrogens with zero attached hydrogens (tertiary/aromatic N) is 3. The number of rotatable bonds is 5. The first kappa shape index (κ1) is 15.1. The molecule has 0 amide bonds. The van der Waals surface area contributed by atoms with Gasteiger partial charge in [-0.1, -0.05) is 5.16 Å². The van der Waals surface area contributed by atoms with Crippen molar-refractivity contribution in [3.05, 3.63) is 23.9 Å². The third kappa shape index (κ3) is 4.31. The van der Waals surface area contributed by atoms with Crippen molar-refractivity contribution in [1.82, 2.24) is 4.98 Å². The minimum atomic E-state index is -4.39. The number of oxime groups is 1. The Balaban J connectivity index is 2.77. The molecule has 0 aromatic carbocycles. The van der Waals surface area contributed by atoms with E-state index < -0.39 is 11.7 Å². The van der Waals surface area contributed by atoms with Crippen LogP contribution in [0.3, 0.4) is 0 Å². The maximum absolute atomic E-state index is 12.4. The van der Waals surface area contributed by atoms with Crippen molar-refractivity contribution in [2.24, 2.45) is 10.9 Å². The number of hydrogen-bond donors (Lipinski definition) is 2. The van der Waals surface area contributed by atoms with Gasteiger partial charge in [-0.2, -0.15) is 13.2 Å². The molecule has 0 unspecified atom stereocenters. The summed E-state index contributed by atoms with van der Waals surface area (Å²) in [4.78, 5) is 5.52. The van der Waals surface area contributed by atoms with Crippen molar-refractivity contribution >= 4 is 11.7 Å². The highest BCUT2D eigenvalue weighted by Gasteiger charge is 2.30. The largest absolute Gasteiger partial charge is 0.417 e. The summed E-state index contributed by atoms with van der Waals surface area (Å²) in [6, 6.07) is 2.28. The van der Waals surface area contributed by atoms with Gasteiger partial charge >= 0.3 is 6.18 Å². The molecule has 106 valence electrons. The zero-order valence-corrected chi connectivity index (χ0v) is 10.4. The van der Waals surface area contributed by atoms with Gasteiger partial charge in [0.05, 0.1) is 5.56 Å². The monoisotopic (exact) mass is 276 g/mol. The molecule has 8 heteroatoms. The van der Waals surface area contributed by atoms with Crippen molar-refractivity contribution in [1.29, 1.82) is 0 Å². The highest BCUT2D eigenvalue weighted by molar-refractivity contribution is 5.80. The lowest BCUT2D eigenvalue weighted by atomic mass is 10.2. The molecule has 1 rings (SSSR count). The molecule has 0 saturated heterocycles. The summed E-state index contributed by atoms with van der Waals surface area (Å²) >= 11 is 0. The molecular weight excluding hydrogens is 261 g/mol. The van der Waals surface area contributed by atoms with Gasteiger partial charge in [-0.05, 0) is 19.1 Å². The first-order valence-electron chi connectivity index (χ1n) is 5.63. The maximum Gasteiger partial charge on any atom is 0.417 e. The fraction of sp³-hybridized carbons (Fsp3) is 0.455. The number of hydrogen-bond acceptors (Lipinski definition) is 4. The van der Waals surface area contributed by atoms with Gasteiger partial charge in [-0.3, -0.25) is 0 Å². The highest BCUT2D eigenvalue weighted by atomic mass is 19.4. The Bertz CT molecular complexity index is 431. The highest BCUT2D eigenvalue weighted by Crippen LogP contribution is 2.29. The first-order valence-corrected chi connectivity index (χ1v) is 5.63. The summed E-state index contributed by atoms with van der Waals surface area (Å²) in [6.07, 6.45) is -3.30. The Kier molecular flexibility index (Phi) is 4.96. The average molecular weight is 276 g/mol. The number of alkyl halides is 3. The second-order valence-electron chi connectivity index (χ2n) is 3.82. The van der Waals surface area contributed by atoms with Crippen LogP contribution in [0.4, 0.5) is 19.0 Å². The van der Waals surface area contributed by atoms with Crippen LogP contribution in [0.2, 0.25) is 0 Å². The molecule has 1 heterocycles. The van der Waals surface area contributed by atoms with Gasteiger partial charge < -0.3 is 15.8 Å². The van der Waals surface area contributed by atoms with Crippen LogP contribution in [0.15, 0.2) is 23.5 Å². The number of amidine groups is 1. The van der Waals surface area contributed by atoms with E-state index in [1.54, 1.807) is 4.90 Å². The quantitative estimate of drug-likeness (QED) is 0.373. The molecule has 0 aliphatic carbocycles. The maximum atomic E-state index is 12.4. The Morgan fingerprint density at radius 2 is 2.16 bits per heavy atom. The number of halogens is 3. The summed E-state index contributed by atoms with van der Waals surface area (Å²) in [5, 5.41) is 11.3. The second kappa shape index (κ2) is 6.26. The summed E-state index contributed by atoms with van der Waals surface area (Å²) in [5.41, 5.74) is 4.55. The molecule has 0 spiro atoms. The predicted octanol–water partition coefficient (Wildman–Crippen LogP) is 2.06. The molecule has 19 heavy (non-hydrogen) atoms. The number of anilines is 1. The molecule has 0 bridgehead atoms. The van der Waals surface area contributed by atoms with E-state index in [0.717, 1.165) is 12.3 Å². The minimum Gasteiger partial charge on any atom is -0.409 e. The van der Waals surface area contributed by atoms with Crippen LogP contribution >= 0.6 is 0 Å². The van der Waals surface area contributed by atoms with Gasteiger partial charge in [0, 0.05) is 25.7 Å². The summed E-state index contributed by atoms with van der Waals surface area (Å²) < 4.78 is 37.2. The number of pyridine rings is 1. The van der Waals surface area contributed by atoms with E-state index in [0.29, 0.717) is 25.3 Å². The molecule has 0 aliphatic heterocycles. The van der Waals surface area contributed by atoms with Crippen LogP contribution in [-0.4, -0.2) is 29.1 Å². The van der Waals surface area contributed by atoms with E-state index >= 15 is 0 Å². The van der Waals surface area contributed by atoms with Gasteiger partial charge in [-0.15, -0.1) is 0 Å². The summed E-state index contributed by atoms with van der Waals surface area (Å²) in [7, 11) is 0. The van der Waals surface area contributed by atoms with Gasteiger partial charge in [0.15, 0.2) is 0 Å². The Labute approximate surface area is 108 Å². The van der Waals surface area contributed by atoms with Gasteiger partial charge in [0.25, 0.3) is 0 Å². The van der Waals surface area contributed by atoms with E-state index in [1.165, 1.54) is 6.07 Å². The molecule has 0 saturated carbocycles. The van der Waals surface area contributed by atoms with Crippen LogP contribution in [0.1, 0.15) is 18.9 Å². The number of aromatic nitrogens is 1. The lowest BCUT2D eigenvalue weighted by Crippen LogP contribution is -2.28. The third-order valence-electron chi connectivity index (χ3n) is 2.55. The van der Waals surface area contributed by atoms with Crippen molar-refractivity contribution in [2.75, 3.05) is 18.0 Å². The summed E-state index contributed by atoms with van der Waals surface area (Å²) in [5.74, 6) is 0.478. The number of nitrogens with two attached hydrogens (primary N) is 1. The Morgan fingerprint density at radius 1 is 1.47 bits per heavy atom. The van der Waals surface area contributed by atoms with Gasteiger partial charge in [-0.25, -0.2) is 4.98 Å². The minimum absolute atomic E-state index is 0.0605. The molecule has 5 nitrogen and oxygen atoms in total. The van der Waals surface area contributed by atoms with Crippen LogP contribution in [0.5, 0.6) is 0 Å². The van der Waals surface area contributed by atoms with Crippen LogP contribution in [0.25, 0.3) is 0 Å². The standard InChI is InChI=1S/C11H15F3N4O/c1-2-18(6-5-9(15)17-19)10-4-3-8(7-16-10)11(12,13)14/h3-4,7,19H,2,5-6H2,1H3,(H2,15,17). The second-order valence-corrected chi connectivity index (χ2v) is 3.82. The fourth-order valence-corrected chi connectivity index (χ4v) is 1.47. The molecular formula is C11H15F3N4O. The van der Waals surface area contributed by atoms with E-state index in [4.69, 9.17) is 10.9 Å². The van der Waals surface area contributed by atoms with Gasteiger partial charge in [0.1, 0.15) is 11.7 Å². The lowest BCUT2D eigenvalue weighted by molar-refractivity contribution is -0.137. The van der Waals surface area contributed by atoms with Crippen LogP contribution < -0.4 is 10.6 Å². The van der Waals surface area contributed by atoms with Crippen molar-refractivity contribution in [3.8, 4) is 0 Å². The summed E-state index contributed by atoms with van der Waals surface area (Å²) in [6.45, 7) is 2.80. The van der Waals surface area contributed by atoms with Crippen molar-refractivity contribution in [2.45, 2.75) is 19.5 Å². The van der Waals surface area contributed by atoms with E-state index in [2.05, 4.69) is 10.1 Å². The zero-order chi connectivity index (χ0) is 14.5. The molecule has 3 N–H and O–H groups in total.